The third-order valence-corrected chi connectivity index (χ3v) is 6.09. The molecular formula is C23H23FN4OS. The number of hydrogen-bond acceptors (Lipinski definition) is 5. The number of halogens is 1. The summed E-state index contributed by atoms with van der Waals surface area (Å²) in [7, 11) is 3.70. The molecular weight excluding hydrogens is 399 g/mol. The second kappa shape index (κ2) is 8.77. The number of hydrogen-bond donors (Lipinski definition) is 0. The van der Waals surface area contributed by atoms with Gasteiger partial charge in [-0.25, -0.2) is 14.1 Å². The van der Waals surface area contributed by atoms with Crippen molar-refractivity contribution in [1.29, 1.82) is 0 Å². The Morgan fingerprint density at radius 3 is 2.60 bits per heavy atom. The molecule has 4 aromatic rings. The lowest BCUT2D eigenvalue weighted by atomic mass is 10.1. The average molecular weight is 423 g/mol. The van der Waals surface area contributed by atoms with Crippen molar-refractivity contribution in [2.45, 2.75) is 19.5 Å². The van der Waals surface area contributed by atoms with E-state index >= 15 is 0 Å². The molecule has 1 atom stereocenters. The van der Waals surface area contributed by atoms with Gasteiger partial charge >= 0.3 is 0 Å². The summed E-state index contributed by atoms with van der Waals surface area (Å²) in [5.41, 5.74) is 3.21. The third kappa shape index (κ3) is 4.13. The van der Waals surface area contributed by atoms with Crippen LogP contribution in [0.15, 0.2) is 66.3 Å². The number of ether oxygens (including phenoxy) is 1. The molecule has 0 aliphatic rings. The maximum Gasteiger partial charge on any atom is 0.148 e. The van der Waals surface area contributed by atoms with E-state index in [1.807, 2.05) is 48.1 Å². The van der Waals surface area contributed by atoms with Crippen molar-refractivity contribution >= 4 is 11.3 Å². The van der Waals surface area contributed by atoms with Gasteiger partial charge in [-0.05, 0) is 50.4 Å². The molecule has 0 bridgehead atoms. The molecule has 0 spiro atoms. The Labute approximate surface area is 179 Å². The molecule has 0 aliphatic carbocycles. The molecule has 0 unspecified atom stereocenters. The van der Waals surface area contributed by atoms with Crippen molar-refractivity contribution in [2.24, 2.45) is 0 Å². The lowest BCUT2D eigenvalue weighted by molar-refractivity contribution is 0.253. The molecule has 0 saturated heterocycles. The van der Waals surface area contributed by atoms with Gasteiger partial charge in [-0.15, -0.1) is 11.3 Å². The van der Waals surface area contributed by atoms with Gasteiger partial charge in [-0.3, -0.25) is 4.90 Å². The van der Waals surface area contributed by atoms with Crippen LogP contribution in [-0.2, 0) is 6.54 Å². The van der Waals surface area contributed by atoms with Gasteiger partial charge in [-0.1, -0.05) is 12.1 Å². The number of benzene rings is 2. The van der Waals surface area contributed by atoms with Gasteiger partial charge in [0.05, 0.1) is 18.8 Å². The van der Waals surface area contributed by atoms with E-state index < -0.39 is 0 Å². The molecule has 5 nitrogen and oxygen atoms in total. The number of rotatable bonds is 7. The first-order valence-corrected chi connectivity index (χ1v) is 10.5. The normalized spacial score (nSPS) is 12.3. The molecule has 30 heavy (non-hydrogen) atoms. The van der Waals surface area contributed by atoms with Crippen molar-refractivity contribution in [2.75, 3.05) is 14.2 Å². The highest BCUT2D eigenvalue weighted by Gasteiger charge is 2.19. The predicted molar refractivity (Wildman–Crippen MR) is 118 cm³/mol. The van der Waals surface area contributed by atoms with Gasteiger partial charge in [0.25, 0.3) is 0 Å². The Kier molecular flexibility index (Phi) is 5.92. The molecule has 0 amide bonds. The van der Waals surface area contributed by atoms with Gasteiger partial charge < -0.3 is 4.74 Å². The minimum Gasteiger partial charge on any atom is -0.497 e. The average Bonchev–Trinajstić information content (AvgIpc) is 3.44. The van der Waals surface area contributed by atoms with Crippen LogP contribution in [0.2, 0.25) is 0 Å². The smallest absolute Gasteiger partial charge is 0.148 e. The molecule has 0 aliphatic heterocycles. The molecule has 2 aromatic heterocycles. The summed E-state index contributed by atoms with van der Waals surface area (Å²) >= 11 is 1.64. The summed E-state index contributed by atoms with van der Waals surface area (Å²) in [4.78, 5) is 6.65. The van der Waals surface area contributed by atoms with Crippen LogP contribution in [0.4, 0.5) is 4.39 Å². The Morgan fingerprint density at radius 2 is 1.93 bits per heavy atom. The first-order valence-electron chi connectivity index (χ1n) is 9.64. The second-order valence-corrected chi connectivity index (χ2v) is 8.02. The lowest BCUT2D eigenvalue weighted by Gasteiger charge is -2.22. The van der Waals surface area contributed by atoms with Gasteiger partial charge in [0, 0.05) is 35.4 Å². The number of nitrogens with zero attached hydrogens (tertiary/aromatic N) is 4. The summed E-state index contributed by atoms with van der Waals surface area (Å²) in [5, 5.41) is 7.78. The summed E-state index contributed by atoms with van der Waals surface area (Å²) in [6.07, 6.45) is 3.73. The van der Waals surface area contributed by atoms with E-state index in [1.165, 1.54) is 6.07 Å². The van der Waals surface area contributed by atoms with E-state index in [9.17, 15) is 4.39 Å². The highest BCUT2D eigenvalue weighted by molar-refractivity contribution is 7.09. The Balaban J connectivity index is 1.72. The number of thiazole rings is 1. The number of methoxy groups -OCH3 is 1. The van der Waals surface area contributed by atoms with E-state index in [0.29, 0.717) is 12.2 Å². The predicted octanol–water partition coefficient (Wildman–Crippen LogP) is 5.34. The summed E-state index contributed by atoms with van der Waals surface area (Å²) < 4.78 is 21.3. The molecule has 2 aromatic carbocycles. The van der Waals surface area contributed by atoms with Crippen LogP contribution >= 0.6 is 11.3 Å². The Bertz CT molecular complexity index is 1110. The largest absolute Gasteiger partial charge is 0.497 e. The fourth-order valence-electron chi connectivity index (χ4n) is 3.31. The minimum atomic E-state index is -0.308. The summed E-state index contributed by atoms with van der Waals surface area (Å²) in [6, 6.07) is 14.6. The fraction of sp³-hybridized carbons (Fsp3) is 0.217. The fourth-order valence-corrected chi connectivity index (χ4v) is 4.07. The molecule has 2 heterocycles. The standard InChI is InChI=1S/C23H23FN4OS/c1-16(23-25-12-13-30-23)27(2)14-18-15-28(21-7-5-4-6-20(21)24)26-22(18)17-8-10-19(29-3)11-9-17/h4-13,15-16H,14H2,1-3H3/t16-/m0/s1. The first-order chi connectivity index (χ1) is 14.6. The third-order valence-electron chi connectivity index (χ3n) is 5.14. The van der Waals surface area contributed by atoms with E-state index in [1.54, 1.807) is 35.3 Å². The topological polar surface area (TPSA) is 43.2 Å². The van der Waals surface area contributed by atoms with Gasteiger partial charge in [0.2, 0.25) is 0 Å². The van der Waals surface area contributed by atoms with Crippen LogP contribution in [0.1, 0.15) is 23.5 Å². The highest BCUT2D eigenvalue weighted by Crippen LogP contribution is 2.29. The summed E-state index contributed by atoms with van der Waals surface area (Å²) in [6.45, 7) is 2.78. The Morgan fingerprint density at radius 1 is 1.17 bits per heavy atom. The highest BCUT2D eigenvalue weighted by atomic mass is 32.1. The first kappa shape index (κ1) is 20.3. The number of para-hydroxylation sites is 1. The van der Waals surface area contributed by atoms with Crippen LogP contribution in [0.3, 0.4) is 0 Å². The maximum absolute atomic E-state index is 14.4. The molecule has 7 heteroatoms. The zero-order chi connectivity index (χ0) is 21.1. The van der Waals surface area contributed by atoms with Crippen molar-refractivity contribution in [3.8, 4) is 22.7 Å². The van der Waals surface area contributed by atoms with Gasteiger partial charge in [0.1, 0.15) is 22.3 Å². The van der Waals surface area contributed by atoms with Crippen LogP contribution in [0.5, 0.6) is 5.75 Å². The summed E-state index contributed by atoms with van der Waals surface area (Å²) in [5.74, 6) is 0.473. The van der Waals surface area contributed by atoms with Gasteiger partial charge in [-0.2, -0.15) is 5.10 Å². The quantitative estimate of drug-likeness (QED) is 0.403. The van der Waals surface area contributed by atoms with E-state index in [4.69, 9.17) is 9.84 Å². The SMILES string of the molecule is COc1ccc(-c2nn(-c3ccccc3F)cc2CN(C)[C@@H](C)c2nccs2)cc1. The van der Waals surface area contributed by atoms with E-state index in [0.717, 1.165) is 27.6 Å². The van der Waals surface area contributed by atoms with Crippen LogP contribution in [-0.4, -0.2) is 33.8 Å². The van der Waals surface area contributed by atoms with E-state index in [-0.39, 0.29) is 11.9 Å². The molecule has 4 rings (SSSR count). The Hall–Kier alpha value is -3.03. The lowest BCUT2D eigenvalue weighted by Crippen LogP contribution is -2.21. The van der Waals surface area contributed by atoms with Crippen molar-refractivity contribution in [3.63, 3.8) is 0 Å². The molecule has 154 valence electrons. The van der Waals surface area contributed by atoms with E-state index in [2.05, 4.69) is 23.9 Å². The van der Waals surface area contributed by atoms with Crippen LogP contribution in [0.25, 0.3) is 16.9 Å². The molecule has 0 radical (unpaired) electrons. The zero-order valence-corrected chi connectivity index (χ0v) is 17.9. The minimum absolute atomic E-state index is 0.158. The number of aromatic nitrogens is 3. The zero-order valence-electron chi connectivity index (χ0n) is 17.1. The van der Waals surface area contributed by atoms with Gasteiger partial charge in [0.15, 0.2) is 0 Å². The van der Waals surface area contributed by atoms with Crippen LogP contribution in [0, 0.1) is 5.82 Å². The van der Waals surface area contributed by atoms with Crippen molar-refractivity contribution < 1.29 is 9.13 Å². The maximum atomic E-state index is 14.4. The van der Waals surface area contributed by atoms with Crippen LogP contribution < -0.4 is 4.74 Å². The molecule has 0 saturated carbocycles. The second-order valence-electron chi connectivity index (χ2n) is 7.09. The monoisotopic (exact) mass is 422 g/mol. The molecule has 0 N–H and O–H groups in total. The molecule has 0 fully saturated rings. The van der Waals surface area contributed by atoms with Crippen molar-refractivity contribution in [3.05, 3.63) is 82.7 Å². The van der Waals surface area contributed by atoms with Crippen molar-refractivity contribution in [1.82, 2.24) is 19.7 Å².